The Bertz CT molecular complexity index is 613. The SMILES string of the molecule is CCNC(Cc1c(F)cccc1Cl)c1cc(Br)ccc1F. The zero-order chi connectivity index (χ0) is 15.4. The summed E-state index contributed by atoms with van der Waals surface area (Å²) in [5.41, 5.74) is 0.884. The Balaban J connectivity index is 2.38. The monoisotopic (exact) mass is 373 g/mol. The highest BCUT2D eigenvalue weighted by molar-refractivity contribution is 9.10. The minimum Gasteiger partial charge on any atom is -0.310 e. The Hall–Kier alpha value is -0.970. The molecule has 2 rings (SSSR count). The van der Waals surface area contributed by atoms with Crippen LogP contribution in [0, 0.1) is 11.6 Å². The van der Waals surface area contributed by atoms with Crippen LogP contribution in [0.3, 0.4) is 0 Å². The minimum absolute atomic E-state index is 0.284. The van der Waals surface area contributed by atoms with Crippen molar-refractivity contribution in [3.63, 3.8) is 0 Å². The first-order valence-electron chi connectivity index (χ1n) is 6.64. The molecule has 0 fully saturated rings. The van der Waals surface area contributed by atoms with Crippen molar-refractivity contribution >= 4 is 27.5 Å². The summed E-state index contributed by atoms with van der Waals surface area (Å²) < 4.78 is 28.8. The van der Waals surface area contributed by atoms with Crippen LogP contribution >= 0.6 is 27.5 Å². The van der Waals surface area contributed by atoms with Gasteiger partial charge in [0.15, 0.2) is 0 Å². The summed E-state index contributed by atoms with van der Waals surface area (Å²) in [6.07, 6.45) is 0.284. The minimum atomic E-state index is -0.374. The van der Waals surface area contributed by atoms with Gasteiger partial charge in [-0.2, -0.15) is 0 Å². The van der Waals surface area contributed by atoms with Gasteiger partial charge in [-0.1, -0.05) is 40.5 Å². The van der Waals surface area contributed by atoms with Crippen LogP contribution in [0.4, 0.5) is 8.78 Å². The number of rotatable bonds is 5. The lowest BCUT2D eigenvalue weighted by atomic mass is 9.98. The van der Waals surface area contributed by atoms with Gasteiger partial charge < -0.3 is 5.32 Å². The summed E-state index contributed by atoms with van der Waals surface area (Å²) in [7, 11) is 0. The van der Waals surface area contributed by atoms with E-state index in [4.69, 9.17) is 11.6 Å². The second-order valence-corrected chi connectivity index (χ2v) is 6.00. The van der Waals surface area contributed by atoms with E-state index in [-0.39, 0.29) is 24.1 Å². The van der Waals surface area contributed by atoms with E-state index < -0.39 is 0 Å². The third kappa shape index (κ3) is 4.02. The molecule has 1 atom stereocenters. The highest BCUT2D eigenvalue weighted by Gasteiger charge is 2.19. The molecule has 1 unspecified atom stereocenters. The Kier molecular flexibility index (Phi) is 5.73. The average molecular weight is 375 g/mol. The van der Waals surface area contributed by atoms with E-state index in [0.717, 1.165) is 4.47 Å². The molecule has 0 aliphatic heterocycles. The molecule has 0 amide bonds. The first-order valence-corrected chi connectivity index (χ1v) is 7.81. The van der Waals surface area contributed by atoms with E-state index >= 15 is 0 Å². The molecule has 0 saturated heterocycles. The molecule has 2 aromatic rings. The molecule has 0 radical (unpaired) electrons. The first kappa shape index (κ1) is 16.4. The van der Waals surface area contributed by atoms with Gasteiger partial charge in [-0.05, 0) is 43.3 Å². The molecule has 0 aliphatic rings. The van der Waals surface area contributed by atoms with Gasteiger partial charge >= 0.3 is 0 Å². The van der Waals surface area contributed by atoms with Crippen LogP contribution in [0.25, 0.3) is 0 Å². The van der Waals surface area contributed by atoms with Crippen LogP contribution in [0.5, 0.6) is 0 Å². The summed E-state index contributed by atoms with van der Waals surface area (Å²) in [5.74, 6) is -0.697. The van der Waals surface area contributed by atoms with Crippen LogP contribution in [-0.4, -0.2) is 6.54 Å². The van der Waals surface area contributed by atoms with Crippen LogP contribution in [-0.2, 0) is 6.42 Å². The molecule has 21 heavy (non-hydrogen) atoms. The second-order valence-electron chi connectivity index (χ2n) is 4.68. The number of benzene rings is 2. The number of hydrogen-bond acceptors (Lipinski definition) is 1. The molecule has 0 saturated carbocycles. The lowest BCUT2D eigenvalue weighted by molar-refractivity contribution is 0.498. The maximum Gasteiger partial charge on any atom is 0.128 e. The summed E-state index contributed by atoms with van der Waals surface area (Å²) in [4.78, 5) is 0. The molecule has 0 aromatic heterocycles. The zero-order valence-corrected chi connectivity index (χ0v) is 13.8. The van der Waals surface area contributed by atoms with Crippen LogP contribution < -0.4 is 5.32 Å². The van der Waals surface area contributed by atoms with Crippen molar-refractivity contribution in [1.29, 1.82) is 0 Å². The van der Waals surface area contributed by atoms with Crippen molar-refractivity contribution < 1.29 is 8.78 Å². The number of hydrogen-bond donors (Lipinski definition) is 1. The van der Waals surface area contributed by atoms with Crippen LogP contribution in [0.15, 0.2) is 40.9 Å². The van der Waals surface area contributed by atoms with Gasteiger partial charge in [-0.3, -0.25) is 0 Å². The van der Waals surface area contributed by atoms with Gasteiger partial charge in [0.05, 0.1) is 0 Å². The fourth-order valence-corrected chi connectivity index (χ4v) is 2.87. The molecular weight excluding hydrogens is 360 g/mol. The van der Waals surface area contributed by atoms with Crippen LogP contribution in [0.1, 0.15) is 24.1 Å². The van der Waals surface area contributed by atoms with Gasteiger partial charge in [0.1, 0.15) is 11.6 Å². The first-order chi connectivity index (χ1) is 10.0. The highest BCUT2D eigenvalue weighted by Crippen LogP contribution is 2.28. The lowest BCUT2D eigenvalue weighted by Crippen LogP contribution is -2.24. The van der Waals surface area contributed by atoms with Crippen molar-refractivity contribution in [2.45, 2.75) is 19.4 Å². The van der Waals surface area contributed by atoms with Crippen molar-refractivity contribution in [2.75, 3.05) is 6.54 Å². The third-order valence-corrected chi connectivity index (χ3v) is 4.10. The van der Waals surface area contributed by atoms with Crippen molar-refractivity contribution in [3.8, 4) is 0 Å². The summed E-state index contributed by atoms with van der Waals surface area (Å²) in [6.45, 7) is 2.56. The molecule has 1 nitrogen and oxygen atoms in total. The summed E-state index contributed by atoms with van der Waals surface area (Å²) in [5, 5.41) is 3.54. The lowest BCUT2D eigenvalue weighted by Gasteiger charge is -2.20. The van der Waals surface area contributed by atoms with E-state index in [2.05, 4.69) is 21.2 Å². The highest BCUT2D eigenvalue weighted by atomic mass is 79.9. The molecule has 112 valence electrons. The van der Waals surface area contributed by atoms with E-state index in [1.165, 1.54) is 12.1 Å². The molecule has 0 heterocycles. The fourth-order valence-electron chi connectivity index (χ4n) is 2.25. The molecule has 2 aromatic carbocycles. The van der Waals surface area contributed by atoms with Crippen molar-refractivity contribution in [1.82, 2.24) is 5.32 Å². The number of halogens is 4. The quantitative estimate of drug-likeness (QED) is 0.751. The number of nitrogens with one attached hydrogen (secondary N) is 1. The zero-order valence-electron chi connectivity index (χ0n) is 11.5. The Labute approximate surface area is 136 Å². The van der Waals surface area contributed by atoms with E-state index in [0.29, 0.717) is 22.7 Å². The molecule has 1 N–H and O–H groups in total. The maximum atomic E-state index is 14.1. The third-order valence-electron chi connectivity index (χ3n) is 3.25. The van der Waals surface area contributed by atoms with Crippen molar-refractivity contribution in [2.24, 2.45) is 0 Å². The summed E-state index contributed by atoms with van der Waals surface area (Å²) in [6, 6.07) is 8.95. The standard InChI is InChI=1S/C16H15BrClF2N/c1-2-21-16(12-8-10(17)6-7-15(12)20)9-11-13(18)4-3-5-14(11)19/h3-8,16,21H,2,9H2,1H3. The largest absolute Gasteiger partial charge is 0.310 e. The normalized spacial score (nSPS) is 12.4. The smallest absolute Gasteiger partial charge is 0.128 e. The fraction of sp³-hybridized carbons (Fsp3) is 0.250. The Morgan fingerprint density at radius 2 is 1.95 bits per heavy atom. The number of likely N-dealkylation sites (N-methyl/N-ethyl adjacent to an activating group) is 1. The summed E-state index contributed by atoms with van der Waals surface area (Å²) >= 11 is 9.40. The average Bonchev–Trinajstić information content (AvgIpc) is 2.44. The second kappa shape index (κ2) is 7.34. The molecular formula is C16H15BrClF2N. The predicted molar refractivity (Wildman–Crippen MR) is 85.6 cm³/mol. The molecule has 5 heteroatoms. The van der Waals surface area contributed by atoms with Gasteiger partial charge in [-0.25, -0.2) is 8.78 Å². The van der Waals surface area contributed by atoms with Crippen molar-refractivity contribution in [3.05, 3.63) is 68.7 Å². The van der Waals surface area contributed by atoms with Gasteiger partial charge in [-0.15, -0.1) is 0 Å². The van der Waals surface area contributed by atoms with Gasteiger partial charge in [0, 0.05) is 26.7 Å². The maximum absolute atomic E-state index is 14.1. The molecule has 0 spiro atoms. The van der Waals surface area contributed by atoms with E-state index in [9.17, 15) is 8.78 Å². The van der Waals surface area contributed by atoms with Crippen LogP contribution in [0.2, 0.25) is 5.02 Å². The van der Waals surface area contributed by atoms with Gasteiger partial charge in [0.2, 0.25) is 0 Å². The molecule has 0 bridgehead atoms. The van der Waals surface area contributed by atoms with Gasteiger partial charge in [0.25, 0.3) is 0 Å². The Morgan fingerprint density at radius 3 is 2.62 bits per heavy atom. The topological polar surface area (TPSA) is 12.0 Å². The predicted octanol–water partition coefficient (Wildman–Crippen LogP) is 5.27. The molecule has 0 aliphatic carbocycles. The van der Waals surface area contributed by atoms with E-state index in [1.807, 2.05) is 6.92 Å². The van der Waals surface area contributed by atoms with E-state index in [1.54, 1.807) is 24.3 Å². The Morgan fingerprint density at radius 1 is 1.19 bits per heavy atom.